The zero-order valence-electron chi connectivity index (χ0n) is 18.6. The number of hydrogen-bond donors (Lipinski definition) is 2. The predicted octanol–water partition coefficient (Wildman–Crippen LogP) is 3.89. The Labute approximate surface area is 191 Å². The van der Waals surface area contributed by atoms with Crippen LogP contribution in [-0.4, -0.2) is 40.9 Å². The highest BCUT2D eigenvalue weighted by atomic mass is 16.5. The molecule has 0 spiro atoms. The highest BCUT2D eigenvalue weighted by Gasteiger charge is 2.25. The Morgan fingerprint density at radius 3 is 2.79 bits per heavy atom. The summed E-state index contributed by atoms with van der Waals surface area (Å²) in [5, 5.41) is 9.26. The van der Waals surface area contributed by atoms with Crippen molar-refractivity contribution in [3.8, 4) is 17.0 Å². The number of fused-ring (bicyclic) bond motifs is 1. The first kappa shape index (κ1) is 21.0. The van der Waals surface area contributed by atoms with Gasteiger partial charge in [0.1, 0.15) is 11.4 Å². The van der Waals surface area contributed by atoms with Gasteiger partial charge in [-0.05, 0) is 44.1 Å². The number of methoxy groups -OCH3 is 1. The summed E-state index contributed by atoms with van der Waals surface area (Å²) in [5.41, 5.74) is 10.0. The van der Waals surface area contributed by atoms with Gasteiger partial charge in [-0.15, -0.1) is 0 Å². The van der Waals surface area contributed by atoms with Crippen molar-refractivity contribution >= 4 is 34.1 Å². The lowest BCUT2D eigenvalue weighted by atomic mass is 10.1. The largest absolute Gasteiger partial charge is 0.495 e. The van der Waals surface area contributed by atoms with Gasteiger partial charge >= 0.3 is 0 Å². The molecule has 3 N–H and O–H groups in total. The zero-order valence-corrected chi connectivity index (χ0v) is 18.6. The van der Waals surface area contributed by atoms with Crippen LogP contribution in [0.5, 0.6) is 5.75 Å². The number of benzene rings is 1. The van der Waals surface area contributed by atoms with Crippen LogP contribution in [0.2, 0.25) is 0 Å². The van der Waals surface area contributed by atoms with E-state index in [1.165, 1.54) is 18.1 Å². The second kappa shape index (κ2) is 8.59. The number of hydrogen-bond acceptors (Lipinski definition) is 7. The standard InChI is InChI=1S/C24H26N6O3/c1-15(31)29(22-4-3-11-33-22)19-6-5-16(12-21(19)32-2)24-23-18(25)13-27-14-20(23)30(28-24)17-7-9-26-10-8-17/h3-6,11-14,17,26H,7-10,25H2,1-2H3. The van der Waals surface area contributed by atoms with Gasteiger partial charge in [0.15, 0.2) is 0 Å². The zero-order chi connectivity index (χ0) is 22.9. The van der Waals surface area contributed by atoms with E-state index in [1.54, 1.807) is 25.4 Å². The first-order valence-electron chi connectivity index (χ1n) is 10.9. The van der Waals surface area contributed by atoms with Gasteiger partial charge < -0.3 is 20.2 Å². The second-order valence-corrected chi connectivity index (χ2v) is 8.09. The molecule has 1 aliphatic rings. The molecule has 9 heteroatoms. The van der Waals surface area contributed by atoms with Gasteiger partial charge in [-0.3, -0.25) is 14.5 Å². The number of furan rings is 1. The fraction of sp³-hybridized carbons (Fsp3) is 0.292. The molecule has 3 aromatic heterocycles. The van der Waals surface area contributed by atoms with Crippen molar-refractivity contribution in [2.24, 2.45) is 0 Å². The van der Waals surface area contributed by atoms with E-state index in [2.05, 4.69) is 15.0 Å². The molecule has 9 nitrogen and oxygen atoms in total. The number of ether oxygens (including phenoxy) is 1. The Hall–Kier alpha value is -3.85. The van der Waals surface area contributed by atoms with Gasteiger partial charge in [-0.25, -0.2) is 4.90 Å². The van der Waals surface area contributed by atoms with E-state index in [1.807, 2.05) is 24.4 Å². The van der Waals surface area contributed by atoms with Crippen molar-refractivity contribution in [2.75, 3.05) is 30.8 Å². The summed E-state index contributed by atoms with van der Waals surface area (Å²) in [7, 11) is 1.58. The Balaban J connectivity index is 1.64. The minimum atomic E-state index is -0.188. The third-order valence-corrected chi connectivity index (χ3v) is 6.04. The number of nitrogen functional groups attached to an aromatic ring is 1. The normalized spacial score (nSPS) is 14.5. The van der Waals surface area contributed by atoms with E-state index in [0.29, 0.717) is 23.0 Å². The molecule has 0 bridgehead atoms. The maximum Gasteiger partial charge on any atom is 0.230 e. The molecule has 33 heavy (non-hydrogen) atoms. The highest BCUT2D eigenvalue weighted by Crippen LogP contribution is 2.40. The molecule has 4 aromatic rings. The summed E-state index contributed by atoms with van der Waals surface area (Å²) in [6, 6.07) is 9.39. The Bertz CT molecular complexity index is 1290. The van der Waals surface area contributed by atoms with E-state index in [4.69, 9.17) is 20.0 Å². The maximum absolute atomic E-state index is 12.4. The molecule has 1 aromatic carbocycles. The third-order valence-electron chi connectivity index (χ3n) is 6.04. The molecule has 0 aliphatic carbocycles. The van der Waals surface area contributed by atoms with Crippen molar-refractivity contribution < 1.29 is 13.9 Å². The molecule has 0 saturated carbocycles. The number of carbonyl (C=O) groups excluding carboxylic acids is 1. The summed E-state index contributed by atoms with van der Waals surface area (Å²) in [6.07, 6.45) is 6.99. The van der Waals surface area contributed by atoms with E-state index in [9.17, 15) is 4.79 Å². The fourth-order valence-corrected chi connectivity index (χ4v) is 4.49. The van der Waals surface area contributed by atoms with Gasteiger partial charge in [0.2, 0.25) is 11.8 Å². The summed E-state index contributed by atoms with van der Waals surface area (Å²) >= 11 is 0. The number of nitrogens with two attached hydrogens (primary N) is 1. The predicted molar refractivity (Wildman–Crippen MR) is 127 cm³/mol. The van der Waals surface area contributed by atoms with Crippen molar-refractivity contribution in [3.05, 3.63) is 49.0 Å². The molecule has 0 atom stereocenters. The number of pyridine rings is 1. The van der Waals surface area contributed by atoms with Crippen LogP contribution in [0.1, 0.15) is 25.8 Å². The average Bonchev–Trinajstić information content (AvgIpc) is 3.49. The first-order chi connectivity index (χ1) is 16.1. The van der Waals surface area contributed by atoms with Crippen molar-refractivity contribution in [1.29, 1.82) is 0 Å². The lowest BCUT2D eigenvalue weighted by Gasteiger charge is -2.23. The number of nitrogens with one attached hydrogen (secondary N) is 1. The number of carbonyl (C=O) groups is 1. The van der Waals surface area contributed by atoms with Crippen LogP contribution in [0.25, 0.3) is 22.2 Å². The molecule has 1 amide bonds. The van der Waals surface area contributed by atoms with Crippen molar-refractivity contribution in [1.82, 2.24) is 20.1 Å². The minimum absolute atomic E-state index is 0.188. The van der Waals surface area contributed by atoms with Crippen molar-refractivity contribution in [3.63, 3.8) is 0 Å². The number of amides is 1. The minimum Gasteiger partial charge on any atom is -0.495 e. The lowest BCUT2D eigenvalue weighted by Crippen LogP contribution is -2.29. The molecule has 170 valence electrons. The van der Waals surface area contributed by atoms with E-state index in [-0.39, 0.29) is 11.9 Å². The summed E-state index contributed by atoms with van der Waals surface area (Å²) in [6.45, 7) is 3.39. The monoisotopic (exact) mass is 446 g/mol. The van der Waals surface area contributed by atoms with E-state index in [0.717, 1.165) is 48.1 Å². The van der Waals surface area contributed by atoms with Crippen LogP contribution in [0.3, 0.4) is 0 Å². The number of rotatable bonds is 5. The molecule has 5 rings (SSSR count). The van der Waals surface area contributed by atoms with Crippen LogP contribution in [-0.2, 0) is 4.79 Å². The Kier molecular flexibility index (Phi) is 5.47. The van der Waals surface area contributed by atoms with Crippen LogP contribution < -0.4 is 20.7 Å². The third kappa shape index (κ3) is 3.70. The van der Waals surface area contributed by atoms with E-state index < -0.39 is 0 Å². The van der Waals surface area contributed by atoms with Gasteiger partial charge in [0.05, 0.1) is 54.1 Å². The van der Waals surface area contributed by atoms with Crippen LogP contribution in [0, 0.1) is 0 Å². The summed E-state index contributed by atoms with van der Waals surface area (Å²) < 4.78 is 13.2. The molecule has 0 unspecified atom stereocenters. The maximum atomic E-state index is 12.4. The average molecular weight is 447 g/mol. The summed E-state index contributed by atoms with van der Waals surface area (Å²) in [4.78, 5) is 18.2. The smallest absolute Gasteiger partial charge is 0.230 e. The molecular weight excluding hydrogens is 420 g/mol. The quantitative estimate of drug-likeness (QED) is 0.478. The highest BCUT2D eigenvalue weighted by molar-refractivity contribution is 6.03. The van der Waals surface area contributed by atoms with E-state index >= 15 is 0 Å². The van der Waals surface area contributed by atoms with Crippen LogP contribution >= 0.6 is 0 Å². The first-order valence-corrected chi connectivity index (χ1v) is 10.9. The van der Waals surface area contributed by atoms with Gasteiger partial charge in [0, 0.05) is 18.6 Å². The molecule has 1 fully saturated rings. The van der Waals surface area contributed by atoms with Crippen molar-refractivity contribution in [2.45, 2.75) is 25.8 Å². The number of nitrogens with zero attached hydrogens (tertiary/aromatic N) is 4. The SMILES string of the molecule is COc1cc(-c2nn(C3CCNCC3)c3cncc(N)c23)ccc1N(C(C)=O)c1ccco1. The fourth-order valence-electron chi connectivity index (χ4n) is 4.49. The Morgan fingerprint density at radius 2 is 2.09 bits per heavy atom. The van der Waals surface area contributed by atoms with Gasteiger partial charge in [0.25, 0.3) is 0 Å². The van der Waals surface area contributed by atoms with Gasteiger partial charge in [-0.2, -0.15) is 5.10 Å². The Morgan fingerprint density at radius 1 is 1.27 bits per heavy atom. The molecule has 4 heterocycles. The molecular formula is C24H26N6O3. The van der Waals surface area contributed by atoms with Crippen LogP contribution in [0.15, 0.2) is 53.4 Å². The number of piperidine rings is 1. The second-order valence-electron chi connectivity index (χ2n) is 8.09. The molecule has 0 radical (unpaired) electrons. The van der Waals surface area contributed by atoms with Crippen LogP contribution in [0.4, 0.5) is 17.3 Å². The lowest BCUT2D eigenvalue weighted by molar-refractivity contribution is -0.116. The summed E-state index contributed by atoms with van der Waals surface area (Å²) in [5.74, 6) is 0.757. The number of anilines is 3. The molecule has 1 saturated heterocycles. The topological polar surface area (TPSA) is 111 Å². The molecule has 1 aliphatic heterocycles. The van der Waals surface area contributed by atoms with Gasteiger partial charge in [-0.1, -0.05) is 6.07 Å². The number of aromatic nitrogens is 3.